The van der Waals surface area contributed by atoms with Crippen molar-refractivity contribution in [1.82, 2.24) is 4.98 Å². The molecule has 0 radical (unpaired) electrons. The maximum Gasteiger partial charge on any atom is 0.150 e. The van der Waals surface area contributed by atoms with E-state index in [1.807, 2.05) is 6.92 Å². The summed E-state index contributed by atoms with van der Waals surface area (Å²) < 4.78 is 5.20. The molecule has 0 N–H and O–H groups in total. The van der Waals surface area contributed by atoms with E-state index < -0.39 is 0 Å². The van der Waals surface area contributed by atoms with Crippen molar-refractivity contribution in [3.63, 3.8) is 0 Å². The van der Waals surface area contributed by atoms with Gasteiger partial charge in [-0.1, -0.05) is 11.6 Å². The number of aromatic nitrogens is 1. The zero-order valence-electron chi connectivity index (χ0n) is 8.95. The topological polar surface area (TPSA) is 39.2 Å². The number of aryl methyl sites for hydroxylation is 1. The Labute approximate surface area is 98.0 Å². The second-order valence-corrected chi connectivity index (χ2v) is 3.88. The first-order valence-electron chi connectivity index (χ1n) is 4.75. The largest absolute Gasteiger partial charge is 0.494 e. The van der Waals surface area contributed by atoms with Gasteiger partial charge < -0.3 is 4.74 Å². The Hall–Kier alpha value is -1.61. The zero-order valence-corrected chi connectivity index (χ0v) is 9.71. The third-order valence-electron chi connectivity index (χ3n) is 2.39. The van der Waals surface area contributed by atoms with Crippen molar-refractivity contribution in [1.29, 1.82) is 0 Å². The van der Waals surface area contributed by atoms with Gasteiger partial charge in [-0.05, 0) is 25.1 Å². The molecule has 0 saturated carbocycles. The number of ether oxygens (including phenoxy) is 1. The maximum atomic E-state index is 10.8. The number of halogens is 1. The average Bonchev–Trinajstić information content (AvgIpc) is 2.29. The van der Waals surface area contributed by atoms with Crippen LogP contribution in [0.1, 0.15) is 16.1 Å². The van der Waals surface area contributed by atoms with Crippen LogP contribution < -0.4 is 4.74 Å². The third kappa shape index (κ3) is 1.74. The monoisotopic (exact) mass is 235 g/mol. The van der Waals surface area contributed by atoms with Crippen molar-refractivity contribution in [2.24, 2.45) is 0 Å². The summed E-state index contributed by atoms with van der Waals surface area (Å²) in [4.78, 5) is 15.1. The first-order chi connectivity index (χ1) is 7.65. The molecule has 0 saturated heterocycles. The summed E-state index contributed by atoms with van der Waals surface area (Å²) in [6.45, 7) is 1.83. The van der Waals surface area contributed by atoms with Crippen LogP contribution in [0, 0.1) is 6.92 Å². The molecule has 1 aromatic carbocycles. The van der Waals surface area contributed by atoms with E-state index in [-0.39, 0.29) is 0 Å². The quantitative estimate of drug-likeness (QED) is 0.751. The molecule has 1 aromatic heterocycles. The van der Waals surface area contributed by atoms with Crippen molar-refractivity contribution in [2.45, 2.75) is 6.92 Å². The summed E-state index contributed by atoms with van der Waals surface area (Å²) >= 11 is 5.99. The second kappa shape index (κ2) is 4.10. The number of aldehydes is 1. The van der Waals surface area contributed by atoms with E-state index in [1.54, 1.807) is 25.3 Å². The highest BCUT2D eigenvalue weighted by molar-refractivity contribution is 6.31. The molecule has 0 aliphatic carbocycles. The normalized spacial score (nSPS) is 10.4. The Kier molecular flexibility index (Phi) is 2.79. The van der Waals surface area contributed by atoms with Crippen LogP contribution in [0.4, 0.5) is 0 Å². The molecule has 0 unspecified atom stereocenters. The fraction of sp³-hybridized carbons (Fsp3) is 0.167. The zero-order chi connectivity index (χ0) is 11.7. The molecule has 0 amide bonds. The maximum absolute atomic E-state index is 10.8. The molecule has 0 aliphatic heterocycles. The lowest BCUT2D eigenvalue weighted by Gasteiger charge is -2.07. The average molecular weight is 236 g/mol. The van der Waals surface area contributed by atoms with Gasteiger partial charge in [0.2, 0.25) is 0 Å². The van der Waals surface area contributed by atoms with Gasteiger partial charge in [-0.15, -0.1) is 0 Å². The van der Waals surface area contributed by atoms with Crippen molar-refractivity contribution >= 4 is 28.8 Å². The molecule has 2 rings (SSSR count). The summed E-state index contributed by atoms with van der Waals surface area (Å²) in [5.41, 5.74) is 2.01. The third-order valence-corrected chi connectivity index (χ3v) is 2.77. The summed E-state index contributed by atoms with van der Waals surface area (Å²) in [5.74, 6) is 0.583. The van der Waals surface area contributed by atoms with Gasteiger partial charge in [-0.3, -0.25) is 4.79 Å². The van der Waals surface area contributed by atoms with Crippen LogP contribution in [0.5, 0.6) is 5.75 Å². The molecule has 1 heterocycles. The number of fused-ring (bicyclic) bond motifs is 1. The van der Waals surface area contributed by atoms with Crippen molar-refractivity contribution < 1.29 is 9.53 Å². The number of carbonyl (C=O) groups excluding carboxylic acids is 1. The molecule has 82 valence electrons. The van der Waals surface area contributed by atoms with E-state index in [9.17, 15) is 4.79 Å². The first-order valence-corrected chi connectivity index (χ1v) is 5.13. The number of benzene rings is 1. The van der Waals surface area contributed by atoms with Crippen LogP contribution >= 0.6 is 11.6 Å². The Morgan fingerprint density at radius 3 is 2.75 bits per heavy atom. The van der Waals surface area contributed by atoms with E-state index >= 15 is 0 Å². The van der Waals surface area contributed by atoms with Gasteiger partial charge in [0.05, 0.1) is 17.8 Å². The summed E-state index contributed by atoms with van der Waals surface area (Å²) in [6.07, 6.45) is 0.774. The Balaban J connectivity index is 2.84. The molecule has 0 bridgehead atoms. The molecule has 0 fully saturated rings. The van der Waals surface area contributed by atoms with Gasteiger partial charge in [-0.25, -0.2) is 4.98 Å². The number of nitrogens with zero attached hydrogens (tertiary/aromatic N) is 1. The second-order valence-electron chi connectivity index (χ2n) is 3.47. The molecule has 4 heteroatoms. The summed E-state index contributed by atoms with van der Waals surface area (Å²) in [5, 5.41) is 1.38. The van der Waals surface area contributed by atoms with E-state index in [2.05, 4.69) is 4.98 Å². The Morgan fingerprint density at radius 2 is 2.12 bits per heavy atom. The molecule has 2 aromatic rings. The number of hydrogen-bond acceptors (Lipinski definition) is 3. The lowest BCUT2D eigenvalue weighted by molar-refractivity contribution is 0.112. The predicted octanol–water partition coefficient (Wildman–Crippen LogP) is 3.02. The molecular weight excluding hydrogens is 226 g/mol. The van der Waals surface area contributed by atoms with Crippen LogP contribution in [0.2, 0.25) is 5.02 Å². The number of hydrogen-bond donors (Lipinski definition) is 0. The fourth-order valence-electron chi connectivity index (χ4n) is 1.57. The minimum atomic E-state index is 0.547. The van der Waals surface area contributed by atoms with Gasteiger partial charge in [0, 0.05) is 10.9 Å². The predicted molar refractivity (Wildman–Crippen MR) is 63.4 cm³/mol. The highest BCUT2D eigenvalue weighted by Crippen LogP contribution is 2.28. The fourth-order valence-corrected chi connectivity index (χ4v) is 1.73. The molecular formula is C12H10ClNO2. The molecule has 3 nitrogen and oxygen atoms in total. The minimum absolute atomic E-state index is 0.547. The lowest BCUT2D eigenvalue weighted by Crippen LogP contribution is -1.93. The van der Waals surface area contributed by atoms with Crippen molar-refractivity contribution in [3.05, 3.63) is 34.5 Å². The number of pyridine rings is 1. The van der Waals surface area contributed by atoms with Gasteiger partial charge >= 0.3 is 0 Å². The van der Waals surface area contributed by atoms with E-state index in [1.165, 1.54) is 0 Å². The smallest absolute Gasteiger partial charge is 0.150 e. The number of methoxy groups -OCH3 is 1. The van der Waals surface area contributed by atoms with Crippen molar-refractivity contribution in [2.75, 3.05) is 7.11 Å². The van der Waals surface area contributed by atoms with Crippen LogP contribution in [0.25, 0.3) is 10.9 Å². The molecule has 0 atom stereocenters. The van der Waals surface area contributed by atoms with E-state index in [4.69, 9.17) is 16.3 Å². The van der Waals surface area contributed by atoms with Crippen LogP contribution in [-0.2, 0) is 0 Å². The van der Waals surface area contributed by atoms with Gasteiger partial charge in [0.25, 0.3) is 0 Å². The van der Waals surface area contributed by atoms with Crippen LogP contribution in [-0.4, -0.2) is 18.4 Å². The Bertz CT molecular complexity index is 566. The minimum Gasteiger partial charge on any atom is -0.494 e. The summed E-state index contributed by atoms with van der Waals surface area (Å²) in [6, 6.07) is 5.19. The first kappa shape index (κ1) is 10.9. The van der Waals surface area contributed by atoms with Gasteiger partial charge in [-0.2, -0.15) is 0 Å². The highest BCUT2D eigenvalue weighted by atomic mass is 35.5. The van der Waals surface area contributed by atoms with E-state index in [0.29, 0.717) is 16.3 Å². The molecule has 0 spiro atoms. The highest BCUT2D eigenvalue weighted by Gasteiger charge is 2.08. The van der Waals surface area contributed by atoms with Crippen LogP contribution in [0.3, 0.4) is 0 Å². The molecule has 0 aliphatic rings. The Morgan fingerprint density at radius 1 is 1.38 bits per heavy atom. The van der Waals surface area contributed by atoms with Crippen molar-refractivity contribution in [3.8, 4) is 5.75 Å². The number of rotatable bonds is 2. The number of carbonyl (C=O) groups is 1. The van der Waals surface area contributed by atoms with Gasteiger partial charge in [0.15, 0.2) is 0 Å². The SMILES string of the molecule is COc1cc(C=O)cc2cc(Cl)c(C)nc12. The van der Waals surface area contributed by atoms with Gasteiger partial charge in [0.1, 0.15) is 17.6 Å². The summed E-state index contributed by atoms with van der Waals surface area (Å²) in [7, 11) is 1.55. The standard InChI is InChI=1S/C12H10ClNO2/c1-7-10(13)5-9-3-8(6-15)4-11(16-2)12(9)14-7/h3-6H,1-2H3. The van der Waals surface area contributed by atoms with Crippen LogP contribution in [0.15, 0.2) is 18.2 Å². The lowest BCUT2D eigenvalue weighted by atomic mass is 10.1. The van der Waals surface area contributed by atoms with E-state index in [0.717, 1.165) is 22.9 Å². The molecule has 16 heavy (non-hydrogen) atoms.